The van der Waals surface area contributed by atoms with Crippen molar-refractivity contribution < 1.29 is 0 Å². The van der Waals surface area contributed by atoms with Gasteiger partial charge in [-0.05, 0) is 30.9 Å². The largest absolute Gasteiger partial charge is 0.270 e. The number of nitrogens with zero attached hydrogens (tertiary/aromatic N) is 2. The van der Waals surface area contributed by atoms with Crippen molar-refractivity contribution in [2.75, 3.05) is 0 Å². The van der Waals surface area contributed by atoms with Crippen molar-refractivity contribution in [2.24, 2.45) is 5.84 Å². The molecular formula is C11H14N4S. The minimum Gasteiger partial charge on any atom is -0.270 e. The summed E-state index contributed by atoms with van der Waals surface area (Å²) in [5.74, 6) is 5.59. The van der Waals surface area contributed by atoms with Crippen LogP contribution in [-0.4, -0.2) is 9.97 Å². The molecule has 0 radical (unpaired) electrons. The highest BCUT2D eigenvalue weighted by molar-refractivity contribution is 7.10. The summed E-state index contributed by atoms with van der Waals surface area (Å²) in [4.78, 5) is 9.76. The SMILES string of the molecule is Cc1cnc(C(NN)c2sccc2C)cn1. The lowest BCUT2D eigenvalue weighted by atomic mass is 10.1. The van der Waals surface area contributed by atoms with Gasteiger partial charge in [0.25, 0.3) is 0 Å². The number of hydrogen-bond acceptors (Lipinski definition) is 5. The van der Waals surface area contributed by atoms with E-state index in [4.69, 9.17) is 5.84 Å². The van der Waals surface area contributed by atoms with Gasteiger partial charge in [0.2, 0.25) is 0 Å². The second-order valence-corrected chi connectivity index (χ2v) is 4.60. The molecule has 0 saturated carbocycles. The smallest absolute Gasteiger partial charge is 0.0991 e. The third-order valence-electron chi connectivity index (χ3n) is 2.43. The molecule has 3 N–H and O–H groups in total. The van der Waals surface area contributed by atoms with E-state index in [9.17, 15) is 0 Å². The van der Waals surface area contributed by atoms with Crippen molar-refractivity contribution in [3.63, 3.8) is 0 Å². The number of aromatic nitrogens is 2. The predicted molar refractivity (Wildman–Crippen MR) is 65.0 cm³/mol. The van der Waals surface area contributed by atoms with E-state index >= 15 is 0 Å². The van der Waals surface area contributed by atoms with E-state index in [1.165, 1.54) is 10.4 Å². The van der Waals surface area contributed by atoms with Gasteiger partial charge >= 0.3 is 0 Å². The Morgan fingerprint density at radius 2 is 2.12 bits per heavy atom. The highest BCUT2D eigenvalue weighted by Crippen LogP contribution is 2.27. The molecule has 84 valence electrons. The lowest BCUT2D eigenvalue weighted by molar-refractivity contribution is 0.623. The zero-order valence-electron chi connectivity index (χ0n) is 9.27. The highest BCUT2D eigenvalue weighted by atomic mass is 32.1. The Hall–Kier alpha value is -1.30. The molecule has 2 heterocycles. The normalized spacial score (nSPS) is 12.7. The standard InChI is InChI=1S/C11H14N4S/c1-7-3-4-16-11(7)10(15-12)9-6-13-8(2)5-14-9/h3-6,10,15H,12H2,1-2H3. The van der Waals surface area contributed by atoms with Crippen LogP contribution in [0.1, 0.15) is 27.9 Å². The summed E-state index contributed by atoms with van der Waals surface area (Å²) in [5.41, 5.74) is 5.76. The van der Waals surface area contributed by atoms with Crippen LogP contribution in [0.2, 0.25) is 0 Å². The number of hydrazine groups is 1. The first-order chi connectivity index (χ1) is 7.72. The molecule has 2 aromatic rings. The molecule has 16 heavy (non-hydrogen) atoms. The zero-order chi connectivity index (χ0) is 11.5. The topological polar surface area (TPSA) is 63.8 Å². The van der Waals surface area contributed by atoms with Gasteiger partial charge in [-0.2, -0.15) is 0 Å². The molecule has 0 aromatic carbocycles. The Labute approximate surface area is 98.5 Å². The van der Waals surface area contributed by atoms with Crippen LogP contribution in [-0.2, 0) is 0 Å². The molecule has 4 nitrogen and oxygen atoms in total. The Morgan fingerprint density at radius 1 is 1.31 bits per heavy atom. The molecule has 0 fully saturated rings. The molecule has 0 saturated heterocycles. The predicted octanol–water partition coefficient (Wildman–Crippen LogP) is 1.71. The van der Waals surface area contributed by atoms with Crippen LogP contribution in [0.15, 0.2) is 23.8 Å². The third-order valence-corrected chi connectivity index (χ3v) is 3.51. The molecule has 1 unspecified atom stereocenters. The van der Waals surface area contributed by atoms with Gasteiger partial charge in [-0.25, -0.2) is 5.43 Å². The minimum absolute atomic E-state index is 0.0758. The fourth-order valence-corrected chi connectivity index (χ4v) is 2.52. The lowest BCUT2D eigenvalue weighted by Crippen LogP contribution is -2.29. The maximum Gasteiger partial charge on any atom is 0.0991 e. The molecule has 0 amide bonds. The van der Waals surface area contributed by atoms with E-state index in [0.717, 1.165) is 11.4 Å². The molecule has 0 spiro atoms. The summed E-state index contributed by atoms with van der Waals surface area (Å²) in [6.45, 7) is 3.98. The molecule has 0 aliphatic carbocycles. The van der Waals surface area contributed by atoms with Crippen LogP contribution < -0.4 is 11.3 Å². The van der Waals surface area contributed by atoms with Gasteiger partial charge in [0.1, 0.15) is 0 Å². The number of nitrogens with two attached hydrogens (primary N) is 1. The third kappa shape index (κ3) is 2.11. The van der Waals surface area contributed by atoms with Crippen LogP contribution in [0.5, 0.6) is 0 Å². The second kappa shape index (κ2) is 4.69. The number of rotatable bonds is 3. The van der Waals surface area contributed by atoms with Gasteiger partial charge in [0.05, 0.1) is 23.6 Å². The fourth-order valence-electron chi connectivity index (χ4n) is 1.53. The molecule has 0 aliphatic heterocycles. The number of nitrogens with one attached hydrogen (secondary N) is 1. The summed E-state index contributed by atoms with van der Waals surface area (Å²) in [7, 11) is 0. The van der Waals surface area contributed by atoms with Gasteiger partial charge < -0.3 is 0 Å². The van der Waals surface area contributed by atoms with Gasteiger partial charge in [0.15, 0.2) is 0 Å². The number of hydrogen-bond donors (Lipinski definition) is 2. The molecule has 2 rings (SSSR count). The van der Waals surface area contributed by atoms with Crippen LogP contribution in [0.4, 0.5) is 0 Å². The summed E-state index contributed by atoms with van der Waals surface area (Å²) < 4.78 is 0. The quantitative estimate of drug-likeness (QED) is 0.627. The highest BCUT2D eigenvalue weighted by Gasteiger charge is 2.17. The van der Waals surface area contributed by atoms with Gasteiger partial charge in [-0.15, -0.1) is 11.3 Å². The molecule has 5 heteroatoms. The van der Waals surface area contributed by atoms with Crippen LogP contribution in [0.3, 0.4) is 0 Å². The summed E-state index contributed by atoms with van der Waals surface area (Å²) >= 11 is 1.67. The van der Waals surface area contributed by atoms with Gasteiger partial charge in [-0.1, -0.05) is 0 Å². The molecule has 0 bridgehead atoms. The Balaban J connectivity index is 2.37. The van der Waals surface area contributed by atoms with E-state index in [0.29, 0.717) is 0 Å². The maximum atomic E-state index is 5.59. The molecule has 2 aromatic heterocycles. The van der Waals surface area contributed by atoms with Crippen molar-refractivity contribution in [3.8, 4) is 0 Å². The lowest BCUT2D eigenvalue weighted by Gasteiger charge is -2.14. The molecular weight excluding hydrogens is 220 g/mol. The van der Waals surface area contributed by atoms with Crippen LogP contribution in [0, 0.1) is 13.8 Å². The number of aryl methyl sites for hydroxylation is 2. The molecule has 0 aliphatic rings. The first kappa shape index (κ1) is 11.2. The first-order valence-electron chi connectivity index (χ1n) is 5.01. The second-order valence-electron chi connectivity index (χ2n) is 3.65. The van der Waals surface area contributed by atoms with Crippen LogP contribution >= 0.6 is 11.3 Å². The number of thiophene rings is 1. The van der Waals surface area contributed by atoms with Gasteiger partial charge in [-0.3, -0.25) is 15.8 Å². The Kier molecular flexibility index (Phi) is 3.28. The van der Waals surface area contributed by atoms with E-state index < -0.39 is 0 Å². The van der Waals surface area contributed by atoms with E-state index in [-0.39, 0.29) is 6.04 Å². The van der Waals surface area contributed by atoms with Crippen LogP contribution in [0.25, 0.3) is 0 Å². The summed E-state index contributed by atoms with van der Waals surface area (Å²) in [6.07, 6.45) is 3.52. The van der Waals surface area contributed by atoms with Crippen molar-refractivity contribution in [2.45, 2.75) is 19.9 Å². The summed E-state index contributed by atoms with van der Waals surface area (Å²) in [5, 5.41) is 2.05. The average molecular weight is 234 g/mol. The Bertz CT molecular complexity index is 463. The van der Waals surface area contributed by atoms with Gasteiger partial charge in [0, 0.05) is 11.1 Å². The Morgan fingerprint density at radius 3 is 2.62 bits per heavy atom. The summed E-state index contributed by atoms with van der Waals surface area (Å²) in [6, 6.07) is 2.00. The van der Waals surface area contributed by atoms with E-state index in [1.54, 1.807) is 23.7 Å². The van der Waals surface area contributed by atoms with Crippen molar-refractivity contribution in [1.82, 2.24) is 15.4 Å². The first-order valence-corrected chi connectivity index (χ1v) is 5.89. The van der Waals surface area contributed by atoms with E-state index in [2.05, 4.69) is 33.8 Å². The van der Waals surface area contributed by atoms with E-state index in [1.807, 2.05) is 6.92 Å². The van der Waals surface area contributed by atoms with Crippen molar-refractivity contribution in [1.29, 1.82) is 0 Å². The van der Waals surface area contributed by atoms with Crippen molar-refractivity contribution >= 4 is 11.3 Å². The van der Waals surface area contributed by atoms with Crippen molar-refractivity contribution in [3.05, 3.63) is 45.7 Å². The zero-order valence-corrected chi connectivity index (χ0v) is 10.1. The average Bonchev–Trinajstić information content (AvgIpc) is 2.69. The maximum absolute atomic E-state index is 5.59. The monoisotopic (exact) mass is 234 g/mol. The molecule has 1 atom stereocenters. The fraction of sp³-hybridized carbons (Fsp3) is 0.273. The minimum atomic E-state index is -0.0758.